The lowest BCUT2D eigenvalue weighted by Gasteiger charge is -2.20. The Hall–Kier alpha value is -5.57. The summed E-state index contributed by atoms with van der Waals surface area (Å²) in [5.41, 5.74) is 12.9. The molecule has 0 atom stereocenters. The van der Waals surface area contributed by atoms with E-state index in [0.29, 0.717) is 5.02 Å². The molecule has 0 aliphatic carbocycles. The minimum Gasteiger partial charge on any atom is -0.354 e. The third-order valence-corrected chi connectivity index (χ3v) is 8.12. The predicted octanol–water partition coefficient (Wildman–Crippen LogP) is 12.5. The van der Waals surface area contributed by atoms with Gasteiger partial charge in [-0.15, -0.1) is 0 Å². The van der Waals surface area contributed by atoms with Crippen molar-refractivity contribution in [1.82, 2.24) is 0 Å². The highest BCUT2D eigenvalue weighted by Gasteiger charge is 2.15. The van der Waals surface area contributed by atoms with Gasteiger partial charge in [-0.2, -0.15) is 0 Å². The molecule has 2 N–H and O–H groups in total. The van der Waals surface area contributed by atoms with E-state index in [9.17, 15) is 0 Å². The maximum Gasteiger partial charge on any atom is 0.0543 e. The summed E-state index contributed by atoms with van der Waals surface area (Å²) in [5, 5.41) is 8.18. The zero-order valence-electron chi connectivity index (χ0n) is 24.6. The molecule has 0 amide bonds. The lowest BCUT2D eigenvalue weighted by molar-refractivity contribution is 1.49. The van der Waals surface area contributed by atoms with E-state index in [-0.39, 0.29) is 0 Å². The van der Waals surface area contributed by atoms with Gasteiger partial charge in [0.05, 0.1) is 11.4 Å². The van der Waals surface area contributed by atoms with Gasteiger partial charge < -0.3 is 10.6 Å². The number of nitrogens with one attached hydrogen (secondary N) is 2. The van der Waals surface area contributed by atoms with Gasteiger partial charge in [0.1, 0.15) is 0 Å². The predicted molar refractivity (Wildman–Crippen MR) is 193 cm³/mol. The third-order valence-electron chi connectivity index (χ3n) is 7.90. The molecule has 7 aromatic carbocycles. The van der Waals surface area contributed by atoms with Gasteiger partial charge in [-0.3, -0.25) is 0 Å². The van der Waals surface area contributed by atoms with Crippen LogP contribution in [-0.4, -0.2) is 0 Å². The lowest BCUT2D eigenvalue weighted by atomic mass is 9.95. The zero-order chi connectivity index (χ0) is 30.4. The van der Waals surface area contributed by atoms with Gasteiger partial charge in [0, 0.05) is 38.7 Å². The molecule has 0 aliphatic heterocycles. The van der Waals surface area contributed by atoms with Gasteiger partial charge in [0.2, 0.25) is 0 Å². The molecule has 45 heavy (non-hydrogen) atoms. The first-order chi connectivity index (χ1) is 22.2. The Bertz CT molecular complexity index is 1780. The maximum absolute atomic E-state index is 6.83. The van der Waals surface area contributed by atoms with Crippen molar-refractivity contribution >= 4 is 34.4 Å². The van der Waals surface area contributed by atoms with Crippen molar-refractivity contribution in [3.8, 4) is 44.5 Å². The number of halogens is 1. The van der Waals surface area contributed by atoms with Crippen LogP contribution in [0.4, 0.5) is 22.7 Å². The molecule has 0 saturated heterocycles. The number of hydrogen-bond donors (Lipinski definition) is 2. The summed E-state index contributed by atoms with van der Waals surface area (Å²) in [5.74, 6) is 0. The van der Waals surface area contributed by atoms with Gasteiger partial charge in [-0.25, -0.2) is 0 Å². The molecule has 0 heterocycles. The molecule has 0 saturated carbocycles. The number of rotatable bonds is 8. The van der Waals surface area contributed by atoms with Crippen molar-refractivity contribution in [1.29, 1.82) is 0 Å². The van der Waals surface area contributed by atoms with Crippen molar-refractivity contribution in [3.05, 3.63) is 181 Å². The average molecular weight is 599 g/mol. The normalized spacial score (nSPS) is 10.8. The Morgan fingerprint density at radius 1 is 0.311 bits per heavy atom. The Balaban J connectivity index is 1.33. The summed E-state index contributed by atoms with van der Waals surface area (Å²) in [4.78, 5) is 0. The van der Waals surface area contributed by atoms with Crippen LogP contribution in [0, 0.1) is 0 Å². The van der Waals surface area contributed by atoms with E-state index in [1.807, 2.05) is 36.4 Å². The second kappa shape index (κ2) is 13.0. The molecule has 0 bridgehead atoms. The molecule has 0 unspecified atom stereocenters. The SMILES string of the molecule is Clc1cc(Nc2c(-c3ccccc3)cccc2-c2ccccc2)cc(Nc2c(-c3ccccc3)cccc2-c2ccccc2)c1. The van der Waals surface area contributed by atoms with E-state index in [1.54, 1.807) is 0 Å². The first-order valence-electron chi connectivity index (χ1n) is 15.1. The summed E-state index contributed by atoms with van der Waals surface area (Å²) in [6, 6.07) is 60.9. The third kappa shape index (κ3) is 6.24. The fourth-order valence-corrected chi connectivity index (χ4v) is 6.06. The van der Waals surface area contributed by atoms with Crippen LogP contribution in [0.25, 0.3) is 44.5 Å². The molecule has 0 radical (unpaired) electrons. The van der Waals surface area contributed by atoms with Gasteiger partial charge in [-0.1, -0.05) is 169 Å². The van der Waals surface area contributed by atoms with Crippen LogP contribution < -0.4 is 10.6 Å². The molecule has 7 aromatic rings. The van der Waals surface area contributed by atoms with Crippen molar-refractivity contribution in [3.63, 3.8) is 0 Å². The molecular weight excluding hydrogens is 568 g/mol. The van der Waals surface area contributed by atoms with E-state index in [2.05, 4.69) is 150 Å². The quantitative estimate of drug-likeness (QED) is 0.182. The van der Waals surface area contributed by atoms with Gasteiger partial charge in [0.25, 0.3) is 0 Å². The zero-order valence-corrected chi connectivity index (χ0v) is 25.4. The van der Waals surface area contributed by atoms with E-state index in [1.165, 1.54) is 0 Å². The van der Waals surface area contributed by atoms with Crippen molar-refractivity contribution in [2.75, 3.05) is 10.6 Å². The number of para-hydroxylation sites is 2. The van der Waals surface area contributed by atoms with Gasteiger partial charge in [0.15, 0.2) is 0 Å². The highest BCUT2D eigenvalue weighted by molar-refractivity contribution is 6.31. The monoisotopic (exact) mass is 598 g/mol. The highest BCUT2D eigenvalue weighted by Crippen LogP contribution is 2.42. The maximum atomic E-state index is 6.83. The van der Waals surface area contributed by atoms with E-state index >= 15 is 0 Å². The topological polar surface area (TPSA) is 24.1 Å². The van der Waals surface area contributed by atoms with Crippen LogP contribution in [0.5, 0.6) is 0 Å². The second-order valence-corrected chi connectivity index (χ2v) is 11.3. The number of benzene rings is 7. The molecule has 0 fully saturated rings. The van der Waals surface area contributed by atoms with Crippen LogP contribution in [0.1, 0.15) is 0 Å². The Morgan fingerprint density at radius 3 is 0.889 bits per heavy atom. The summed E-state index contributed by atoms with van der Waals surface area (Å²) >= 11 is 6.83. The standard InChI is InChI=1S/C42H31ClN2/c43-34-27-35(44-41-37(30-15-5-1-6-16-30)23-13-24-38(41)31-17-7-2-8-18-31)29-36(28-34)45-42-39(32-19-9-3-10-20-32)25-14-26-40(42)33-21-11-4-12-22-33/h1-29,44-45H. The summed E-state index contributed by atoms with van der Waals surface area (Å²) in [7, 11) is 0. The van der Waals surface area contributed by atoms with Crippen molar-refractivity contribution in [2.24, 2.45) is 0 Å². The summed E-state index contributed by atoms with van der Waals surface area (Å²) in [6.07, 6.45) is 0. The molecule has 2 nitrogen and oxygen atoms in total. The first-order valence-corrected chi connectivity index (χ1v) is 15.4. The minimum atomic E-state index is 0.638. The van der Waals surface area contributed by atoms with Crippen LogP contribution >= 0.6 is 11.6 Å². The van der Waals surface area contributed by atoms with Gasteiger partial charge >= 0.3 is 0 Å². The van der Waals surface area contributed by atoms with E-state index in [0.717, 1.165) is 67.3 Å². The smallest absolute Gasteiger partial charge is 0.0543 e. The van der Waals surface area contributed by atoms with Crippen LogP contribution in [0.2, 0.25) is 5.02 Å². The summed E-state index contributed by atoms with van der Waals surface area (Å²) in [6.45, 7) is 0. The highest BCUT2D eigenvalue weighted by atomic mass is 35.5. The van der Waals surface area contributed by atoms with Crippen LogP contribution in [0.15, 0.2) is 176 Å². The first kappa shape index (κ1) is 28.2. The van der Waals surface area contributed by atoms with Crippen LogP contribution in [-0.2, 0) is 0 Å². The molecule has 0 aliphatic rings. The Kier molecular flexibility index (Phi) is 8.13. The fraction of sp³-hybridized carbons (Fsp3) is 0. The Labute approximate surface area is 269 Å². The average Bonchev–Trinajstić information content (AvgIpc) is 3.10. The number of anilines is 4. The van der Waals surface area contributed by atoms with E-state index in [4.69, 9.17) is 11.6 Å². The molecule has 0 spiro atoms. The molecule has 7 rings (SSSR count). The minimum absolute atomic E-state index is 0.638. The largest absolute Gasteiger partial charge is 0.354 e. The van der Waals surface area contributed by atoms with Gasteiger partial charge in [-0.05, 0) is 40.5 Å². The molecule has 0 aromatic heterocycles. The number of hydrogen-bond acceptors (Lipinski definition) is 2. The van der Waals surface area contributed by atoms with Crippen molar-refractivity contribution in [2.45, 2.75) is 0 Å². The Morgan fingerprint density at radius 2 is 0.600 bits per heavy atom. The summed E-state index contributed by atoms with van der Waals surface area (Å²) < 4.78 is 0. The van der Waals surface area contributed by atoms with E-state index < -0.39 is 0 Å². The molecule has 3 heteroatoms. The fourth-order valence-electron chi connectivity index (χ4n) is 5.83. The molecule has 216 valence electrons. The van der Waals surface area contributed by atoms with Crippen LogP contribution in [0.3, 0.4) is 0 Å². The lowest BCUT2D eigenvalue weighted by Crippen LogP contribution is -2.00. The second-order valence-electron chi connectivity index (χ2n) is 10.9. The van der Waals surface area contributed by atoms with Crippen molar-refractivity contribution < 1.29 is 0 Å². The molecular formula is C42H31ClN2.